The smallest absolute Gasteiger partial charge is 0.129 e. The van der Waals surface area contributed by atoms with E-state index in [1.165, 1.54) is 6.07 Å². The Bertz CT molecular complexity index is 921. The topological polar surface area (TPSA) is 30.5 Å². The third-order valence-corrected chi connectivity index (χ3v) is 4.68. The Morgan fingerprint density at radius 2 is 1.62 bits per heavy atom. The number of hydrogen-bond donors (Lipinski definition) is 1. The maximum absolute atomic E-state index is 13.8. The molecule has 154 valence electrons. The van der Waals surface area contributed by atoms with Crippen molar-refractivity contribution in [2.75, 3.05) is 13.7 Å². The van der Waals surface area contributed by atoms with Crippen LogP contribution in [-0.2, 0) is 19.6 Å². The summed E-state index contributed by atoms with van der Waals surface area (Å²) in [5.41, 5.74) is 2.61. The van der Waals surface area contributed by atoms with E-state index in [2.05, 4.69) is 11.4 Å². The van der Waals surface area contributed by atoms with Gasteiger partial charge in [-0.05, 0) is 48.9 Å². The normalized spacial score (nSPS) is 10.3. The first-order valence-corrected chi connectivity index (χ1v) is 9.52. The molecular formula is C23H24Cl2FNO2. The van der Waals surface area contributed by atoms with Crippen LogP contribution in [0.2, 0.25) is 5.02 Å². The van der Waals surface area contributed by atoms with Crippen molar-refractivity contribution < 1.29 is 13.9 Å². The Kier molecular flexibility index (Phi) is 9.26. The third-order valence-electron chi connectivity index (χ3n) is 4.44. The van der Waals surface area contributed by atoms with Crippen LogP contribution in [0.25, 0.3) is 0 Å². The minimum Gasteiger partial charge on any atom is -0.496 e. The molecule has 0 atom stereocenters. The van der Waals surface area contributed by atoms with E-state index in [0.717, 1.165) is 29.8 Å². The largest absolute Gasteiger partial charge is 0.496 e. The summed E-state index contributed by atoms with van der Waals surface area (Å²) in [6.07, 6.45) is 0.843. The average molecular weight is 436 g/mol. The fraction of sp³-hybridized carbons (Fsp3) is 0.217. The Labute approximate surface area is 182 Å². The molecule has 0 unspecified atom stereocenters. The van der Waals surface area contributed by atoms with Crippen LogP contribution in [0.15, 0.2) is 66.7 Å². The molecule has 0 radical (unpaired) electrons. The highest BCUT2D eigenvalue weighted by molar-refractivity contribution is 6.30. The summed E-state index contributed by atoms with van der Waals surface area (Å²) in [6, 6.07) is 20.1. The molecule has 1 N–H and O–H groups in total. The van der Waals surface area contributed by atoms with Crippen LogP contribution >= 0.6 is 24.0 Å². The number of halogens is 3. The molecule has 0 aliphatic rings. The number of nitrogens with one attached hydrogen (secondary N) is 1. The van der Waals surface area contributed by atoms with Gasteiger partial charge in [0.1, 0.15) is 23.9 Å². The van der Waals surface area contributed by atoms with E-state index in [1.54, 1.807) is 31.4 Å². The van der Waals surface area contributed by atoms with Crippen LogP contribution in [-0.4, -0.2) is 13.7 Å². The van der Waals surface area contributed by atoms with Gasteiger partial charge >= 0.3 is 0 Å². The number of rotatable bonds is 9. The molecule has 29 heavy (non-hydrogen) atoms. The maximum atomic E-state index is 13.8. The van der Waals surface area contributed by atoms with Crippen LogP contribution in [0.1, 0.15) is 16.7 Å². The Hall–Kier alpha value is -2.27. The molecule has 0 aliphatic carbocycles. The van der Waals surface area contributed by atoms with Crippen LogP contribution in [0.4, 0.5) is 4.39 Å². The molecule has 3 aromatic rings. The number of para-hydroxylation sites is 1. The van der Waals surface area contributed by atoms with Crippen LogP contribution < -0.4 is 14.8 Å². The van der Waals surface area contributed by atoms with Crippen molar-refractivity contribution in [1.29, 1.82) is 0 Å². The highest BCUT2D eigenvalue weighted by atomic mass is 35.5. The van der Waals surface area contributed by atoms with Gasteiger partial charge in [-0.1, -0.05) is 48.0 Å². The van der Waals surface area contributed by atoms with Gasteiger partial charge in [0.25, 0.3) is 0 Å². The molecule has 0 amide bonds. The average Bonchev–Trinajstić information content (AvgIpc) is 2.72. The summed E-state index contributed by atoms with van der Waals surface area (Å²) in [5.74, 6) is 1.31. The van der Waals surface area contributed by atoms with Gasteiger partial charge in [-0.15, -0.1) is 12.4 Å². The number of methoxy groups -OCH3 is 1. The first-order valence-electron chi connectivity index (χ1n) is 9.14. The Balaban J connectivity index is 0.00000300. The molecule has 3 rings (SSSR count). The summed E-state index contributed by atoms with van der Waals surface area (Å²) in [5, 5.41) is 4.05. The molecule has 0 bridgehead atoms. The second-order valence-corrected chi connectivity index (χ2v) is 6.81. The molecule has 0 fully saturated rings. The van der Waals surface area contributed by atoms with Gasteiger partial charge in [-0.2, -0.15) is 0 Å². The zero-order valence-electron chi connectivity index (χ0n) is 16.2. The van der Waals surface area contributed by atoms with E-state index < -0.39 is 0 Å². The van der Waals surface area contributed by atoms with E-state index in [1.807, 2.05) is 30.3 Å². The van der Waals surface area contributed by atoms with Crippen molar-refractivity contribution >= 4 is 24.0 Å². The summed E-state index contributed by atoms with van der Waals surface area (Å²) in [4.78, 5) is 0. The monoisotopic (exact) mass is 435 g/mol. The predicted octanol–water partition coefficient (Wildman–Crippen LogP) is 5.82. The quantitative estimate of drug-likeness (QED) is 0.429. The van der Waals surface area contributed by atoms with Crippen LogP contribution in [0.5, 0.6) is 11.5 Å². The molecule has 0 spiro atoms. The van der Waals surface area contributed by atoms with Crippen LogP contribution in [0.3, 0.4) is 0 Å². The fourth-order valence-corrected chi connectivity index (χ4v) is 3.15. The molecule has 3 nitrogen and oxygen atoms in total. The summed E-state index contributed by atoms with van der Waals surface area (Å²) in [6.45, 7) is 1.55. The van der Waals surface area contributed by atoms with Gasteiger partial charge in [0.15, 0.2) is 0 Å². The second-order valence-electron chi connectivity index (χ2n) is 6.37. The third kappa shape index (κ3) is 6.64. The molecular weight excluding hydrogens is 412 g/mol. The molecule has 6 heteroatoms. The van der Waals surface area contributed by atoms with E-state index in [9.17, 15) is 4.39 Å². The first kappa shape index (κ1) is 23.0. The van der Waals surface area contributed by atoms with E-state index in [4.69, 9.17) is 21.1 Å². The molecule has 0 aliphatic heterocycles. The standard InChI is InChI=1S/C23H23ClFNO2.ClH/c1-27-22-9-5-3-6-17(22)12-13-26-15-19-14-20(24)10-11-23(19)28-16-18-7-2-4-8-21(18)25;/h2-11,14,26H,12-13,15-16H2,1H3;1H. The lowest BCUT2D eigenvalue weighted by atomic mass is 10.1. The summed E-state index contributed by atoms with van der Waals surface area (Å²) >= 11 is 6.15. The van der Waals surface area contributed by atoms with Crippen LogP contribution in [0, 0.1) is 5.82 Å². The van der Waals surface area contributed by atoms with E-state index >= 15 is 0 Å². The van der Waals surface area contributed by atoms with Crippen molar-refractivity contribution in [3.8, 4) is 11.5 Å². The van der Waals surface area contributed by atoms with Gasteiger partial charge in [-0.25, -0.2) is 4.39 Å². The second kappa shape index (κ2) is 11.7. The molecule has 0 saturated carbocycles. The van der Waals surface area contributed by atoms with Crippen molar-refractivity contribution in [1.82, 2.24) is 5.32 Å². The molecule has 0 heterocycles. The van der Waals surface area contributed by atoms with Gasteiger partial charge in [0.2, 0.25) is 0 Å². The Morgan fingerprint density at radius 1 is 0.897 bits per heavy atom. The van der Waals surface area contributed by atoms with Crippen molar-refractivity contribution in [2.24, 2.45) is 0 Å². The van der Waals surface area contributed by atoms with Gasteiger partial charge in [-0.3, -0.25) is 0 Å². The van der Waals surface area contributed by atoms with E-state index in [0.29, 0.717) is 22.9 Å². The van der Waals surface area contributed by atoms with Crippen molar-refractivity contribution in [3.05, 3.63) is 94.3 Å². The minimum atomic E-state index is -0.270. The first-order chi connectivity index (χ1) is 13.7. The number of ether oxygens (including phenoxy) is 2. The lowest BCUT2D eigenvalue weighted by molar-refractivity contribution is 0.296. The van der Waals surface area contributed by atoms with Gasteiger partial charge < -0.3 is 14.8 Å². The Morgan fingerprint density at radius 3 is 2.38 bits per heavy atom. The van der Waals surface area contributed by atoms with E-state index in [-0.39, 0.29) is 24.8 Å². The zero-order chi connectivity index (χ0) is 19.8. The van der Waals surface area contributed by atoms with Crippen molar-refractivity contribution in [2.45, 2.75) is 19.6 Å². The fourth-order valence-electron chi connectivity index (χ4n) is 2.95. The maximum Gasteiger partial charge on any atom is 0.129 e. The predicted molar refractivity (Wildman–Crippen MR) is 118 cm³/mol. The number of benzene rings is 3. The van der Waals surface area contributed by atoms with Gasteiger partial charge in [0, 0.05) is 22.7 Å². The summed E-state index contributed by atoms with van der Waals surface area (Å²) in [7, 11) is 1.68. The van der Waals surface area contributed by atoms with Crippen molar-refractivity contribution in [3.63, 3.8) is 0 Å². The lowest BCUT2D eigenvalue weighted by Crippen LogP contribution is -2.17. The highest BCUT2D eigenvalue weighted by Crippen LogP contribution is 2.24. The SMILES string of the molecule is COc1ccccc1CCNCc1cc(Cl)ccc1OCc1ccccc1F.Cl. The molecule has 3 aromatic carbocycles. The lowest BCUT2D eigenvalue weighted by Gasteiger charge is -2.14. The minimum absolute atomic E-state index is 0. The van der Waals surface area contributed by atoms with Gasteiger partial charge in [0.05, 0.1) is 7.11 Å². The highest BCUT2D eigenvalue weighted by Gasteiger charge is 2.08. The summed E-state index contributed by atoms with van der Waals surface area (Å²) < 4.78 is 25.0. The number of hydrogen-bond acceptors (Lipinski definition) is 3. The molecule has 0 aromatic heterocycles. The molecule has 0 saturated heterocycles. The zero-order valence-corrected chi connectivity index (χ0v) is 17.7.